The maximum atomic E-state index is 9.57. The van der Waals surface area contributed by atoms with E-state index in [4.69, 9.17) is 21.7 Å². The highest BCUT2D eigenvalue weighted by atomic mass is 16.4. The van der Waals surface area contributed by atoms with Gasteiger partial charge in [0.05, 0.1) is 0 Å². The summed E-state index contributed by atoms with van der Waals surface area (Å²) in [6.07, 6.45) is 0. The molecule has 0 bridgehead atoms. The van der Waals surface area contributed by atoms with Crippen LogP contribution in [0.5, 0.6) is 0 Å². The van der Waals surface area contributed by atoms with Crippen LogP contribution in [-0.2, 0) is 9.59 Å². The van der Waals surface area contributed by atoms with Crippen LogP contribution < -0.4 is 11.5 Å². The highest BCUT2D eigenvalue weighted by Gasteiger charge is 2.00. The van der Waals surface area contributed by atoms with E-state index in [0.717, 1.165) is 0 Å². The van der Waals surface area contributed by atoms with Crippen LogP contribution in [0.4, 0.5) is 0 Å². The molecule has 0 radical (unpaired) electrons. The van der Waals surface area contributed by atoms with Gasteiger partial charge < -0.3 is 27.2 Å². The number of hydrogen-bond donors (Lipinski definition) is 4. The van der Waals surface area contributed by atoms with Crippen molar-refractivity contribution in [2.75, 3.05) is 0 Å². The van der Waals surface area contributed by atoms with Crippen molar-refractivity contribution < 1.29 is 25.3 Å². The summed E-state index contributed by atoms with van der Waals surface area (Å²) in [6.45, 7) is 2.84. The van der Waals surface area contributed by atoms with Gasteiger partial charge in [-0.1, -0.05) is 0 Å². The van der Waals surface area contributed by atoms with E-state index in [1.54, 1.807) is 0 Å². The molecule has 8 N–H and O–H groups in total. The van der Waals surface area contributed by atoms with E-state index in [0.29, 0.717) is 0 Å². The molecule has 0 amide bonds. The van der Waals surface area contributed by atoms with Crippen molar-refractivity contribution in [3.63, 3.8) is 0 Å². The second kappa shape index (κ2) is 8.91. The highest BCUT2D eigenvalue weighted by Crippen LogP contribution is 1.68. The molecule has 0 aromatic heterocycles. The second-order valence-electron chi connectivity index (χ2n) is 2.25. The molecule has 2 atom stereocenters. The van der Waals surface area contributed by atoms with Gasteiger partial charge in [-0.05, 0) is 13.8 Å². The van der Waals surface area contributed by atoms with Gasteiger partial charge in [0.25, 0.3) is 0 Å². The first-order valence-corrected chi connectivity index (χ1v) is 3.25. The molecule has 0 saturated carbocycles. The Morgan fingerprint density at radius 3 is 1.08 bits per heavy atom. The van der Waals surface area contributed by atoms with E-state index in [1.165, 1.54) is 13.8 Å². The van der Waals surface area contributed by atoms with E-state index in [2.05, 4.69) is 0 Å². The Balaban J connectivity index is -0.000000143. The van der Waals surface area contributed by atoms with Crippen molar-refractivity contribution in [1.82, 2.24) is 0 Å². The van der Waals surface area contributed by atoms with Crippen molar-refractivity contribution in [2.45, 2.75) is 25.9 Å². The molecule has 0 fully saturated rings. The Morgan fingerprint density at radius 1 is 1.00 bits per heavy atom. The predicted molar refractivity (Wildman–Crippen MR) is 46.2 cm³/mol. The van der Waals surface area contributed by atoms with Gasteiger partial charge >= 0.3 is 11.9 Å². The second-order valence-corrected chi connectivity index (χ2v) is 2.25. The maximum absolute atomic E-state index is 9.57. The average Bonchev–Trinajstić information content (AvgIpc) is 1.88. The molecule has 0 saturated heterocycles. The zero-order valence-corrected chi connectivity index (χ0v) is 7.52. The normalized spacial score (nSPS) is 12.6. The van der Waals surface area contributed by atoms with Gasteiger partial charge in [0.2, 0.25) is 0 Å². The Morgan fingerprint density at radius 2 is 1.08 bits per heavy atom. The largest absolute Gasteiger partial charge is 0.480 e. The van der Waals surface area contributed by atoms with E-state index < -0.39 is 24.0 Å². The smallest absolute Gasteiger partial charge is 0.320 e. The third-order valence-electron chi connectivity index (χ3n) is 0.779. The van der Waals surface area contributed by atoms with Crippen molar-refractivity contribution in [3.8, 4) is 0 Å². The van der Waals surface area contributed by atoms with Crippen LogP contribution in [0.15, 0.2) is 0 Å². The van der Waals surface area contributed by atoms with Crippen molar-refractivity contribution in [1.29, 1.82) is 0 Å². The van der Waals surface area contributed by atoms with Crippen LogP contribution in [0.2, 0.25) is 0 Å². The van der Waals surface area contributed by atoms with Crippen LogP contribution >= 0.6 is 0 Å². The minimum atomic E-state index is -0.963. The van der Waals surface area contributed by atoms with Crippen molar-refractivity contribution >= 4 is 11.9 Å². The number of rotatable bonds is 2. The molecule has 80 valence electrons. The van der Waals surface area contributed by atoms with Gasteiger partial charge in [-0.3, -0.25) is 9.59 Å². The standard InChI is InChI=1S/2C3H7NO2.H2O/c2*1-2(4)3(5)6;/h2*2H,4H2,1H3,(H,5,6);1H2/t2*2-;/m00./s1. The molecule has 0 aromatic rings. The lowest BCUT2D eigenvalue weighted by Crippen LogP contribution is -2.25. The van der Waals surface area contributed by atoms with Gasteiger partial charge in [0.1, 0.15) is 12.1 Å². The van der Waals surface area contributed by atoms with Gasteiger partial charge in [-0.2, -0.15) is 0 Å². The van der Waals surface area contributed by atoms with Crippen molar-refractivity contribution in [3.05, 3.63) is 0 Å². The Kier molecular flexibility index (Phi) is 12.2. The molecule has 0 aromatic carbocycles. The van der Waals surface area contributed by atoms with Crippen LogP contribution in [-0.4, -0.2) is 39.7 Å². The molecule has 7 heteroatoms. The topological polar surface area (TPSA) is 158 Å². The highest BCUT2D eigenvalue weighted by molar-refractivity contribution is 5.72. The first kappa shape index (κ1) is 17.8. The molecule has 0 rings (SSSR count). The summed E-state index contributed by atoms with van der Waals surface area (Å²) in [6, 6.07) is -1.46. The summed E-state index contributed by atoms with van der Waals surface area (Å²) < 4.78 is 0. The van der Waals surface area contributed by atoms with Gasteiger partial charge in [-0.25, -0.2) is 0 Å². The van der Waals surface area contributed by atoms with Gasteiger partial charge in [0, 0.05) is 0 Å². The third-order valence-corrected chi connectivity index (χ3v) is 0.779. The Bertz CT molecular complexity index is 139. The molecule has 0 aliphatic rings. The van der Waals surface area contributed by atoms with E-state index >= 15 is 0 Å². The Hall–Kier alpha value is -1.18. The van der Waals surface area contributed by atoms with Crippen LogP contribution in [0.1, 0.15) is 13.8 Å². The first-order chi connectivity index (χ1) is 5.29. The van der Waals surface area contributed by atoms with E-state index in [1.807, 2.05) is 0 Å². The fraction of sp³-hybridized carbons (Fsp3) is 0.667. The van der Waals surface area contributed by atoms with E-state index in [9.17, 15) is 9.59 Å². The minimum Gasteiger partial charge on any atom is -0.480 e. The monoisotopic (exact) mass is 196 g/mol. The molecular formula is C6H16N2O5. The lowest BCUT2D eigenvalue weighted by Gasteiger charge is -1.90. The SMILES string of the molecule is C[C@H](N)C(=O)O.C[C@H](N)C(=O)O.O. The summed E-state index contributed by atoms with van der Waals surface area (Å²) >= 11 is 0. The molecular weight excluding hydrogens is 180 g/mol. The fourth-order valence-corrected chi connectivity index (χ4v) is 0. The van der Waals surface area contributed by atoms with E-state index in [-0.39, 0.29) is 5.48 Å². The lowest BCUT2D eigenvalue weighted by molar-refractivity contribution is -0.139. The number of carbonyl (C=O) groups is 2. The number of hydrogen-bond acceptors (Lipinski definition) is 4. The maximum Gasteiger partial charge on any atom is 0.320 e. The zero-order valence-electron chi connectivity index (χ0n) is 7.52. The van der Waals surface area contributed by atoms with Crippen molar-refractivity contribution in [2.24, 2.45) is 11.5 Å². The summed E-state index contributed by atoms with van der Waals surface area (Å²) in [5, 5.41) is 15.7. The predicted octanol–water partition coefficient (Wildman–Crippen LogP) is -1.99. The summed E-state index contributed by atoms with van der Waals surface area (Å²) in [5.74, 6) is -1.93. The fourth-order valence-electron chi connectivity index (χ4n) is 0. The summed E-state index contributed by atoms with van der Waals surface area (Å²) in [5.41, 5.74) is 9.67. The first-order valence-electron chi connectivity index (χ1n) is 3.25. The molecule has 7 nitrogen and oxygen atoms in total. The third kappa shape index (κ3) is 18.1. The van der Waals surface area contributed by atoms with Crippen LogP contribution in [0.25, 0.3) is 0 Å². The quantitative estimate of drug-likeness (QED) is 0.400. The molecule has 0 aliphatic heterocycles. The number of aliphatic carboxylic acids is 2. The molecule has 13 heavy (non-hydrogen) atoms. The van der Waals surface area contributed by atoms with Crippen LogP contribution in [0, 0.1) is 0 Å². The average molecular weight is 196 g/mol. The molecule has 0 aliphatic carbocycles. The number of nitrogens with two attached hydrogens (primary N) is 2. The molecule has 0 unspecified atom stereocenters. The summed E-state index contributed by atoms with van der Waals surface area (Å²) in [7, 11) is 0. The Labute approximate surface area is 75.6 Å². The minimum absolute atomic E-state index is 0. The van der Waals surface area contributed by atoms with Gasteiger partial charge in [0.15, 0.2) is 0 Å². The van der Waals surface area contributed by atoms with Crippen LogP contribution in [0.3, 0.4) is 0 Å². The number of carboxylic acid groups (broad SMARTS) is 2. The summed E-state index contributed by atoms with van der Waals surface area (Å²) in [4.78, 5) is 19.1. The zero-order chi connectivity index (χ0) is 10.3. The lowest BCUT2D eigenvalue weighted by atomic mass is 10.4. The van der Waals surface area contributed by atoms with Gasteiger partial charge in [-0.15, -0.1) is 0 Å². The molecule has 0 heterocycles. The molecule has 0 spiro atoms. The number of carboxylic acids is 2.